The highest BCUT2D eigenvalue weighted by molar-refractivity contribution is 7.92. The average Bonchev–Trinajstić information content (AvgIpc) is 3.21. The maximum absolute atomic E-state index is 12.9. The number of aryl methyl sites for hydroxylation is 1. The van der Waals surface area contributed by atoms with Crippen molar-refractivity contribution in [3.8, 4) is 0 Å². The van der Waals surface area contributed by atoms with Gasteiger partial charge in [0.1, 0.15) is 4.90 Å². The lowest BCUT2D eigenvalue weighted by Crippen LogP contribution is -2.40. The van der Waals surface area contributed by atoms with Crippen molar-refractivity contribution >= 4 is 38.7 Å². The lowest BCUT2D eigenvalue weighted by Gasteiger charge is -2.33. The summed E-state index contributed by atoms with van der Waals surface area (Å²) in [6.45, 7) is 3.11. The van der Waals surface area contributed by atoms with Gasteiger partial charge in [0.25, 0.3) is 10.0 Å². The number of hydrogen-bond acceptors (Lipinski definition) is 8. The van der Waals surface area contributed by atoms with Crippen molar-refractivity contribution < 1.29 is 17.9 Å². The van der Waals surface area contributed by atoms with E-state index >= 15 is 0 Å². The Balaban J connectivity index is 1.72. The minimum absolute atomic E-state index is 0.0268. The Morgan fingerprint density at radius 2 is 2.00 bits per heavy atom. The number of ether oxygens (including phenoxy) is 1. The summed E-state index contributed by atoms with van der Waals surface area (Å²) in [5.41, 5.74) is 1.20. The van der Waals surface area contributed by atoms with Crippen LogP contribution in [0.15, 0.2) is 41.6 Å². The zero-order valence-electron chi connectivity index (χ0n) is 17.4. The van der Waals surface area contributed by atoms with E-state index in [2.05, 4.69) is 19.8 Å². The predicted octanol–water partition coefficient (Wildman–Crippen LogP) is 1.94. The first-order valence-corrected chi connectivity index (χ1v) is 11.6. The number of hydrogen-bond donors (Lipinski definition) is 1. The molecule has 1 atom stereocenters. The minimum atomic E-state index is -3.91. The quantitative estimate of drug-likeness (QED) is 0.573. The Morgan fingerprint density at radius 1 is 1.26 bits per heavy atom. The Bertz CT molecular complexity index is 1210. The van der Waals surface area contributed by atoms with E-state index in [0.29, 0.717) is 43.0 Å². The van der Waals surface area contributed by atoms with E-state index in [9.17, 15) is 13.2 Å². The third-order valence-electron chi connectivity index (χ3n) is 5.12. The number of para-hydroxylation sites is 2. The Morgan fingerprint density at radius 3 is 2.68 bits per heavy atom. The number of nitrogens with zero attached hydrogens (tertiary/aromatic N) is 5. The van der Waals surface area contributed by atoms with Gasteiger partial charge in [0.05, 0.1) is 29.8 Å². The molecule has 10 nitrogen and oxygen atoms in total. The Kier molecular flexibility index (Phi) is 5.77. The summed E-state index contributed by atoms with van der Waals surface area (Å²) in [6, 6.07) is 7.25. The maximum Gasteiger partial charge on any atom is 0.310 e. The molecule has 0 radical (unpaired) electrons. The van der Waals surface area contributed by atoms with Crippen molar-refractivity contribution in [2.24, 2.45) is 13.0 Å². The molecule has 0 unspecified atom stereocenters. The van der Waals surface area contributed by atoms with Crippen LogP contribution < -0.4 is 9.62 Å². The second kappa shape index (κ2) is 8.50. The third-order valence-corrected chi connectivity index (χ3v) is 6.41. The van der Waals surface area contributed by atoms with Crippen LogP contribution in [0.5, 0.6) is 0 Å². The van der Waals surface area contributed by atoms with Crippen molar-refractivity contribution in [2.75, 3.05) is 29.3 Å². The van der Waals surface area contributed by atoms with Gasteiger partial charge in [0.15, 0.2) is 11.6 Å². The monoisotopic (exact) mass is 444 g/mol. The molecule has 1 aliphatic rings. The molecule has 2 aromatic heterocycles. The molecule has 1 aliphatic heterocycles. The van der Waals surface area contributed by atoms with Crippen LogP contribution in [0.2, 0.25) is 0 Å². The van der Waals surface area contributed by atoms with E-state index in [1.807, 2.05) is 23.1 Å². The summed E-state index contributed by atoms with van der Waals surface area (Å²) in [7, 11) is -2.27. The van der Waals surface area contributed by atoms with Gasteiger partial charge >= 0.3 is 5.97 Å². The van der Waals surface area contributed by atoms with Crippen molar-refractivity contribution in [1.29, 1.82) is 0 Å². The van der Waals surface area contributed by atoms with E-state index < -0.39 is 10.0 Å². The molecule has 0 aliphatic carbocycles. The summed E-state index contributed by atoms with van der Waals surface area (Å²) >= 11 is 0. The molecule has 4 rings (SSSR count). The minimum Gasteiger partial charge on any atom is -0.466 e. The fourth-order valence-corrected chi connectivity index (χ4v) is 4.61. The molecule has 0 amide bonds. The summed E-state index contributed by atoms with van der Waals surface area (Å²) in [5, 5.41) is 3.93. The molecule has 0 bridgehead atoms. The van der Waals surface area contributed by atoms with Gasteiger partial charge in [-0.15, -0.1) is 0 Å². The fourth-order valence-electron chi connectivity index (χ4n) is 3.63. The molecular formula is C20H24N6O4S. The lowest BCUT2D eigenvalue weighted by atomic mass is 9.98. The van der Waals surface area contributed by atoms with Crippen molar-refractivity contribution in [2.45, 2.75) is 24.7 Å². The SMILES string of the molecule is CCOC(=O)[C@@H]1CCCN(c2nc3ccccc3nc2NS(=O)(=O)c2cnn(C)c2)C1. The first-order chi connectivity index (χ1) is 14.9. The highest BCUT2D eigenvalue weighted by atomic mass is 32.2. The number of esters is 1. The lowest BCUT2D eigenvalue weighted by molar-refractivity contribution is -0.148. The van der Waals surface area contributed by atoms with Crippen LogP contribution in [0, 0.1) is 5.92 Å². The number of anilines is 2. The van der Waals surface area contributed by atoms with E-state index in [1.54, 1.807) is 20.0 Å². The van der Waals surface area contributed by atoms with Crippen molar-refractivity contribution in [3.63, 3.8) is 0 Å². The number of sulfonamides is 1. The Hall–Kier alpha value is -3.21. The van der Waals surface area contributed by atoms with Gasteiger partial charge in [-0.05, 0) is 31.9 Å². The van der Waals surface area contributed by atoms with Crippen LogP contribution in [0.25, 0.3) is 11.0 Å². The van der Waals surface area contributed by atoms with Crippen LogP contribution in [0.4, 0.5) is 11.6 Å². The number of piperidine rings is 1. The smallest absolute Gasteiger partial charge is 0.310 e. The van der Waals surface area contributed by atoms with Gasteiger partial charge in [-0.25, -0.2) is 18.4 Å². The zero-order chi connectivity index (χ0) is 22.0. The molecule has 0 spiro atoms. The summed E-state index contributed by atoms with van der Waals surface area (Å²) in [5.74, 6) is -0.0459. The number of nitrogens with one attached hydrogen (secondary N) is 1. The largest absolute Gasteiger partial charge is 0.466 e. The first-order valence-electron chi connectivity index (χ1n) is 10.1. The molecule has 164 valence electrons. The van der Waals surface area contributed by atoms with E-state index in [-0.39, 0.29) is 22.6 Å². The topological polar surface area (TPSA) is 119 Å². The van der Waals surface area contributed by atoms with E-state index in [1.165, 1.54) is 17.1 Å². The van der Waals surface area contributed by atoms with Gasteiger partial charge < -0.3 is 9.64 Å². The highest BCUT2D eigenvalue weighted by Gasteiger charge is 2.30. The van der Waals surface area contributed by atoms with Crippen LogP contribution in [0.1, 0.15) is 19.8 Å². The highest BCUT2D eigenvalue weighted by Crippen LogP contribution is 2.31. The summed E-state index contributed by atoms with van der Waals surface area (Å²) < 4.78 is 35.0. The third kappa shape index (κ3) is 4.46. The molecule has 1 saturated heterocycles. The molecule has 3 heterocycles. The van der Waals surface area contributed by atoms with Gasteiger partial charge in [-0.1, -0.05) is 12.1 Å². The standard InChI is InChI=1S/C20H24N6O4S/c1-3-30-20(27)14-7-6-10-26(12-14)19-18(22-16-8-4-5-9-17(16)23-19)24-31(28,29)15-11-21-25(2)13-15/h4-5,8-9,11,13-14H,3,6-7,10,12H2,1-2H3,(H,22,24)/t14-/m1/s1. The number of carbonyl (C=O) groups is 1. The zero-order valence-corrected chi connectivity index (χ0v) is 18.2. The molecular weight excluding hydrogens is 420 g/mol. The molecule has 1 N–H and O–H groups in total. The molecule has 11 heteroatoms. The van der Waals surface area contributed by atoms with Crippen LogP contribution in [-0.2, 0) is 26.6 Å². The van der Waals surface area contributed by atoms with Crippen LogP contribution >= 0.6 is 0 Å². The molecule has 0 saturated carbocycles. The second-order valence-electron chi connectivity index (χ2n) is 7.38. The number of benzene rings is 1. The molecule has 3 aromatic rings. The fraction of sp³-hybridized carbons (Fsp3) is 0.400. The molecule has 1 aromatic carbocycles. The van der Waals surface area contributed by atoms with E-state index in [0.717, 1.165) is 6.42 Å². The molecule has 1 fully saturated rings. The van der Waals surface area contributed by atoms with Crippen LogP contribution in [0.3, 0.4) is 0 Å². The van der Waals surface area contributed by atoms with E-state index in [4.69, 9.17) is 4.74 Å². The first kappa shape index (κ1) is 21.0. The van der Waals surface area contributed by atoms with Crippen molar-refractivity contribution in [1.82, 2.24) is 19.7 Å². The number of carbonyl (C=O) groups excluding carboxylic acids is 1. The maximum atomic E-state index is 12.9. The van der Waals surface area contributed by atoms with Crippen molar-refractivity contribution in [3.05, 3.63) is 36.7 Å². The summed E-state index contributed by atoms with van der Waals surface area (Å²) in [6.07, 6.45) is 4.15. The van der Waals surface area contributed by atoms with Gasteiger partial charge in [-0.2, -0.15) is 5.10 Å². The second-order valence-corrected chi connectivity index (χ2v) is 9.06. The normalized spacial score (nSPS) is 17.0. The summed E-state index contributed by atoms with van der Waals surface area (Å²) in [4.78, 5) is 23.4. The number of aromatic nitrogens is 4. The molecule has 31 heavy (non-hydrogen) atoms. The number of fused-ring (bicyclic) bond motifs is 1. The van der Waals surface area contributed by atoms with Gasteiger partial charge in [0, 0.05) is 26.3 Å². The Labute approximate surface area is 180 Å². The van der Waals surface area contributed by atoms with Gasteiger partial charge in [0.2, 0.25) is 0 Å². The number of rotatable bonds is 6. The van der Waals surface area contributed by atoms with Gasteiger partial charge in [-0.3, -0.25) is 14.2 Å². The average molecular weight is 445 g/mol. The van der Waals surface area contributed by atoms with Crippen LogP contribution in [-0.4, -0.2) is 53.8 Å². The predicted molar refractivity (Wildman–Crippen MR) is 115 cm³/mol.